The van der Waals surface area contributed by atoms with Crippen LogP contribution in [0.4, 0.5) is 24.5 Å². The zero-order valence-corrected chi connectivity index (χ0v) is 10.1. The van der Waals surface area contributed by atoms with E-state index in [0.717, 1.165) is 6.07 Å². The number of halogens is 3. The maximum absolute atomic E-state index is 12.8. The zero-order chi connectivity index (χ0) is 14.1. The molecular weight excluding hydrogens is 261 g/mol. The average Bonchev–Trinajstić information content (AvgIpc) is 2.74. The van der Waals surface area contributed by atoms with Crippen LogP contribution in [0.15, 0.2) is 18.2 Å². The molecule has 1 saturated heterocycles. The van der Waals surface area contributed by atoms with Gasteiger partial charge in [0.1, 0.15) is 5.60 Å². The number of rotatable bonds is 3. The molecule has 1 heterocycles. The second-order valence-electron chi connectivity index (χ2n) is 4.68. The molecule has 1 aliphatic heterocycles. The summed E-state index contributed by atoms with van der Waals surface area (Å²) in [6.07, 6.45) is -4.09. The molecule has 0 spiro atoms. The van der Waals surface area contributed by atoms with Gasteiger partial charge in [-0.25, -0.2) is 0 Å². The van der Waals surface area contributed by atoms with Crippen LogP contribution in [-0.4, -0.2) is 30.5 Å². The summed E-state index contributed by atoms with van der Waals surface area (Å²) in [5, 5.41) is 12.6. The van der Waals surface area contributed by atoms with E-state index < -0.39 is 17.3 Å². The first-order valence-electron chi connectivity index (χ1n) is 5.81. The maximum Gasteiger partial charge on any atom is 0.418 e. The molecule has 19 heavy (non-hydrogen) atoms. The first-order valence-corrected chi connectivity index (χ1v) is 5.81. The van der Waals surface area contributed by atoms with E-state index in [0.29, 0.717) is 13.0 Å². The Kier molecular flexibility index (Phi) is 3.60. The smallest absolute Gasteiger partial charge is 0.399 e. The number of nitrogens with two attached hydrogens (primary N) is 1. The minimum Gasteiger partial charge on any atom is -0.399 e. The molecule has 1 aromatic carbocycles. The molecule has 4 N–H and O–H groups in total. The van der Waals surface area contributed by atoms with E-state index in [9.17, 15) is 18.3 Å². The number of alkyl halides is 3. The molecule has 0 radical (unpaired) electrons. The van der Waals surface area contributed by atoms with Crippen molar-refractivity contribution in [2.75, 3.05) is 30.8 Å². The zero-order valence-electron chi connectivity index (χ0n) is 10.1. The van der Waals surface area contributed by atoms with Gasteiger partial charge in [-0.15, -0.1) is 0 Å². The SMILES string of the molecule is Nc1ccc(NCC2(O)CCOC2)c(C(F)(F)F)c1. The van der Waals surface area contributed by atoms with Crippen molar-refractivity contribution in [3.05, 3.63) is 23.8 Å². The highest BCUT2D eigenvalue weighted by Crippen LogP contribution is 2.36. The molecule has 0 aliphatic carbocycles. The summed E-state index contributed by atoms with van der Waals surface area (Å²) in [6, 6.07) is 3.52. The predicted molar refractivity (Wildman–Crippen MR) is 64.7 cm³/mol. The molecule has 2 rings (SSSR count). The Labute approximate surface area is 108 Å². The molecule has 1 unspecified atom stereocenters. The Morgan fingerprint density at radius 1 is 1.42 bits per heavy atom. The quantitative estimate of drug-likeness (QED) is 0.737. The van der Waals surface area contributed by atoms with E-state index in [1.165, 1.54) is 12.1 Å². The van der Waals surface area contributed by atoms with E-state index in [4.69, 9.17) is 10.5 Å². The molecule has 1 aromatic rings. The molecular formula is C12H15F3N2O2. The lowest BCUT2D eigenvalue weighted by Crippen LogP contribution is -2.37. The van der Waals surface area contributed by atoms with Crippen LogP contribution < -0.4 is 11.1 Å². The van der Waals surface area contributed by atoms with Crippen molar-refractivity contribution in [1.82, 2.24) is 0 Å². The van der Waals surface area contributed by atoms with Crippen molar-refractivity contribution in [3.8, 4) is 0 Å². The molecule has 1 fully saturated rings. The Balaban J connectivity index is 2.16. The Morgan fingerprint density at radius 3 is 2.74 bits per heavy atom. The fraction of sp³-hybridized carbons (Fsp3) is 0.500. The lowest BCUT2D eigenvalue weighted by molar-refractivity contribution is -0.137. The number of nitrogen functional groups attached to an aromatic ring is 1. The lowest BCUT2D eigenvalue weighted by Gasteiger charge is -2.23. The highest BCUT2D eigenvalue weighted by molar-refractivity contribution is 5.59. The lowest BCUT2D eigenvalue weighted by atomic mass is 10.0. The topological polar surface area (TPSA) is 67.5 Å². The van der Waals surface area contributed by atoms with Crippen LogP contribution in [0.3, 0.4) is 0 Å². The van der Waals surface area contributed by atoms with Crippen LogP contribution in [0.2, 0.25) is 0 Å². The largest absolute Gasteiger partial charge is 0.418 e. The number of anilines is 2. The van der Waals surface area contributed by atoms with E-state index in [2.05, 4.69) is 5.32 Å². The monoisotopic (exact) mass is 276 g/mol. The van der Waals surface area contributed by atoms with Gasteiger partial charge in [0, 0.05) is 30.9 Å². The number of nitrogens with one attached hydrogen (secondary N) is 1. The first kappa shape index (κ1) is 14.0. The second kappa shape index (κ2) is 4.90. The van der Waals surface area contributed by atoms with Gasteiger partial charge in [-0.05, 0) is 18.2 Å². The third-order valence-corrected chi connectivity index (χ3v) is 3.04. The van der Waals surface area contributed by atoms with E-state index in [1.54, 1.807) is 0 Å². The fourth-order valence-corrected chi connectivity index (χ4v) is 1.95. The number of aliphatic hydroxyl groups is 1. The van der Waals surface area contributed by atoms with Gasteiger partial charge in [0.15, 0.2) is 0 Å². The molecule has 0 bridgehead atoms. The molecule has 0 aromatic heterocycles. The summed E-state index contributed by atoms with van der Waals surface area (Å²) in [7, 11) is 0. The molecule has 106 valence electrons. The van der Waals surface area contributed by atoms with Gasteiger partial charge in [0.2, 0.25) is 0 Å². The van der Waals surface area contributed by atoms with Crippen LogP contribution in [0.25, 0.3) is 0 Å². The van der Waals surface area contributed by atoms with Crippen molar-refractivity contribution >= 4 is 11.4 Å². The molecule has 1 atom stereocenters. The molecule has 4 nitrogen and oxygen atoms in total. The third kappa shape index (κ3) is 3.30. The summed E-state index contributed by atoms with van der Waals surface area (Å²) in [4.78, 5) is 0. The summed E-state index contributed by atoms with van der Waals surface area (Å²) >= 11 is 0. The van der Waals surface area contributed by atoms with E-state index in [1.807, 2.05) is 0 Å². The Bertz CT molecular complexity index is 457. The number of ether oxygens (including phenoxy) is 1. The van der Waals surface area contributed by atoms with Gasteiger partial charge >= 0.3 is 6.18 Å². The number of hydrogen-bond acceptors (Lipinski definition) is 4. The molecule has 7 heteroatoms. The van der Waals surface area contributed by atoms with Crippen molar-refractivity contribution in [1.29, 1.82) is 0 Å². The van der Waals surface area contributed by atoms with Crippen molar-refractivity contribution < 1.29 is 23.0 Å². The van der Waals surface area contributed by atoms with Crippen molar-refractivity contribution in [2.45, 2.75) is 18.2 Å². The van der Waals surface area contributed by atoms with Gasteiger partial charge in [0.05, 0.1) is 12.2 Å². The fourth-order valence-electron chi connectivity index (χ4n) is 1.95. The summed E-state index contributed by atoms with van der Waals surface area (Å²) in [5.74, 6) is 0. The van der Waals surface area contributed by atoms with Crippen LogP contribution in [0, 0.1) is 0 Å². The number of hydrogen-bond donors (Lipinski definition) is 3. The summed E-state index contributed by atoms with van der Waals surface area (Å²) < 4.78 is 43.6. The second-order valence-corrected chi connectivity index (χ2v) is 4.68. The van der Waals surface area contributed by atoms with Gasteiger partial charge < -0.3 is 20.9 Å². The Morgan fingerprint density at radius 2 is 2.16 bits per heavy atom. The van der Waals surface area contributed by atoms with E-state index in [-0.39, 0.29) is 24.5 Å². The standard InChI is InChI=1S/C12H15F3N2O2/c13-12(14,15)9-5-8(16)1-2-10(9)17-6-11(18)3-4-19-7-11/h1-2,5,17-18H,3-4,6-7,16H2. The molecule has 1 aliphatic rings. The number of benzene rings is 1. The predicted octanol–water partition coefficient (Wildman–Crippen LogP) is 1.85. The first-order chi connectivity index (χ1) is 8.80. The van der Waals surface area contributed by atoms with Gasteiger partial charge in [-0.2, -0.15) is 13.2 Å². The summed E-state index contributed by atoms with van der Waals surface area (Å²) in [6.45, 7) is 0.530. The van der Waals surface area contributed by atoms with Gasteiger partial charge in [0.25, 0.3) is 0 Å². The minimum atomic E-state index is -4.49. The van der Waals surface area contributed by atoms with E-state index >= 15 is 0 Å². The Hall–Kier alpha value is -1.47. The van der Waals surface area contributed by atoms with Crippen LogP contribution >= 0.6 is 0 Å². The third-order valence-electron chi connectivity index (χ3n) is 3.04. The highest BCUT2D eigenvalue weighted by Gasteiger charge is 2.36. The normalized spacial score (nSPS) is 23.6. The highest BCUT2D eigenvalue weighted by atomic mass is 19.4. The van der Waals surface area contributed by atoms with Crippen LogP contribution in [0.5, 0.6) is 0 Å². The molecule has 0 saturated carbocycles. The van der Waals surface area contributed by atoms with Crippen LogP contribution in [0.1, 0.15) is 12.0 Å². The minimum absolute atomic E-state index is 0.00000189. The van der Waals surface area contributed by atoms with Gasteiger partial charge in [-0.3, -0.25) is 0 Å². The maximum atomic E-state index is 12.8. The summed E-state index contributed by atoms with van der Waals surface area (Å²) in [5.41, 5.74) is 3.36. The average molecular weight is 276 g/mol. The van der Waals surface area contributed by atoms with Crippen molar-refractivity contribution in [3.63, 3.8) is 0 Å². The van der Waals surface area contributed by atoms with Crippen LogP contribution in [-0.2, 0) is 10.9 Å². The molecule has 0 amide bonds. The van der Waals surface area contributed by atoms with Gasteiger partial charge in [-0.1, -0.05) is 0 Å². The van der Waals surface area contributed by atoms with Crippen molar-refractivity contribution in [2.24, 2.45) is 0 Å².